The quantitative estimate of drug-likeness (QED) is 0.730. The van der Waals surface area contributed by atoms with Crippen molar-refractivity contribution in [3.63, 3.8) is 0 Å². The van der Waals surface area contributed by atoms with E-state index in [0.717, 1.165) is 0 Å². The van der Waals surface area contributed by atoms with Gasteiger partial charge in [-0.2, -0.15) is 0 Å². The summed E-state index contributed by atoms with van der Waals surface area (Å²) in [5, 5.41) is 0. The average molecular weight is 354 g/mol. The second-order valence-electron chi connectivity index (χ2n) is 6.22. The third kappa shape index (κ3) is 4.72. The molecule has 102 valence electrons. The molecule has 0 nitrogen and oxygen atoms in total. The van der Waals surface area contributed by atoms with E-state index in [0.29, 0.717) is 5.41 Å². The number of hydrogen-bond acceptors (Lipinski definition) is 0. The summed E-state index contributed by atoms with van der Waals surface area (Å²) in [7, 11) is 0. The predicted molar refractivity (Wildman–Crippen MR) is 76.9 cm³/mol. The summed E-state index contributed by atoms with van der Waals surface area (Å²) >= 11 is -1.73. The Morgan fingerprint density at radius 1 is 1.05 bits per heavy atom. The van der Waals surface area contributed by atoms with Gasteiger partial charge in [0, 0.05) is 0 Å². The van der Waals surface area contributed by atoms with E-state index in [2.05, 4.69) is 70.2 Å². The molecule has 0 fully saturated rings. The molecule has 0 atom stereocenters. The van der Waals surface area contributed by atoms with Crippen LogP contribution in [0.15, 0.2) is 52.4 Å². The molecule has 0 unspecified atom stereocenters. The average Bonchev–Trinajstić information content (AvgIpc) is 2.87. The molecule has 0 aromatic carbocycles. The zero-order valence-corrected chi connectivity index (χ0v) is 15.5. The van der Waals surface area contributed by atoms with Gasteiger partial charge < -0.3 is 12.4 Å². The van der Waals surface area contributed by atoms with Gasteiger partial charge in [-0.15, -0.1) is 0 Å². The molecule has 0 aliphatic heterocycles. The molecule has 0 N–H and O–H groups in total. The minimum Gasteiger partial charge on any atom is -1.00 e. The summed E-state index contributed by atoms with van der Waals surface area (Å²) in [4.78, 5) is 0. The molecule has 2 aliphatic carbocycles. The monoisotopic (exact) mass is 352 g/mol. The molecule has 19 heavy (non-hydrogen) atoms. The van der Waals surface area contributed by atoms with Crippen LogP contribution >= 0.6 is 0 Å². The van der Waals surface area contributed by atoms with Gasteiger partial charge in [-0.25, -0.2) is 0 Å². The van der Waals surface area contributed by atoms with Crippen molar-refractivity contribution in [1.82, 2.24) is 0 Å². The third-order valence-corrected chi connectivity index (χ3v) is 10.5. The topological polar surface area (TPSA) is 0 Å². The van der Waals surface area contributed by atoms with E-state index in [4.69, 9.17) is 0 Å². The molecule has 0 radical (unpaired) electrons. The van der Waals surface area contributed by atoms with Crippen LogP contribution in [0.3, 0.4) is 0 Å². The van der Waals surface area contributed by atoms with Crippen LogP contribution in [0.2, 0.25) is 0 Å². The van der Waals surface area contributed by atoms with Crippen LogP contribution < -0.4 is 12.4 Å². The Labute approximate surface area is 132 Å². The fourth-order valence-corrected chi connectivity index (χ4v) is 10.5. The molecule has 0 aromatic heterocycles. The molecule has 0 bridgehead atoms. The van der Waals surface area contributed by atoms with Gasteiger partial charge in [0.05, 0.1) is 0 Å². The van der Waals surface area contributed by atoms with Crippen molar-refractivity contribution in [3.05, 3.63) is 52.4 Å². The van der Waals surface area contributed by atoms with E-state index < -0.39 is 21.8 Å². The molecule has 0 amide bonds. The molecule has 2 rings (SSSR count). The van der Waals surface area contributed by atoms with E-state index >= 15 is 0 Å². The Morgan fingerprint density at radius 2 is 1.53 bits per heavy atom. The van der Waals surface area contributed by atoms with Crippen LogP contribution in [0, 0.1) is 5.41 Å². The van der Waals surface area contributed by atoms with Gasteiger partial charge in [0.2, 0.25) is 0 Å². The molecular weight excluding hydrogens is 331 g/mol. The number of halogens is 1. The number of allylic oxidation sites excluding steroid dienone is 10. The minimum absolute atomic E-state index is 0. The van der Waals surface area contributed by atoms with Gasteiger partial charge >= 0.3 is 120 Å². The van der Waals surface area contributed by atoms with Crippen molar-refractivity contribution in [1.29, 1.82) is 0 Å². The fraction of sp³-hybridized carbons (Fsp3) is 0.412. The van der Waals surface area contributed by atoms with E-state index in [1.807, 2.05) is 0 Å². The Balaban J connectivity index is 0.00000180. The van der Waals surface area contributed by atoms with Gasteiger partial charge in [-0.1, -0.05) is 0 Å². The SMILES string of the molecule is C/[C](=C/C(C)(C)C)[Zr+]([C]1=CC=CC1)[C]1=CC=CC1.[Cl-]. The first kappa shape index (κ1) is 16.9. The first-order chi connectivity index (χ1) is 8.47. The van der Waals surface area contributed by atoms with Crippen LogP contribution in [-0.4, -0.2) is 0 Å². The largest absolute Gasteiger partial charge is 1.00 e. The van der Waals surface area contributed by atoms with Crippen LogP contribution in [0.1, 0.15) is 40.5 Å². The van der Waals surface area contributed by atoms with Crippen molar-refractivity contribution in [2.45, 2.75) is 40.5 Å². The first-order valence-corrected chi connectivity index (χ1v) is 10.4. The van der Waals surface area contributed by atoms with E-state index in [-0.39, 0.29) is 12.4 Å². The van der Waals surface area contributed by atoms with E-state index in [1.54, 1.807) is 9.84 Å². The van der Waals surface area contributed by atoms with Gasteiger partial charge in [0.1, 0.15) is 0 Å². The molecule has 0 spiro atoms. The normalized spacial score (nSPS) is 18.2. The number of rotatable bonds is 3. The van der Waals surface area contributed by atoms with Crippen LogP contribution in [0.4, 0.5) is 0 Å². The molecule has 2 aliphatic rings. The maximum absolute atomic E-state index is 2.51. The molecular formula is C17H23ClZr. The molecule has 0 aromatic rings. The first-order valence-electron chi connectivity index (χ1n) is 6.76. The van der Waals surface area contributed by atoms with Crippen LogP contribution in [-0.2, 0) is 21.8 Å². The Hall–Kier alpha value is -0.127. The maximum atomic E-state index is 2.51. The second-order valence-corrected chi connectivity index (χ2v) is 13.2. The Bertz CT molecular complexity index is 440. The summed E-state index contributed by atoms with van der Waals surface area (Å²) in [5.74, 6) is 0. The smallest absolute Gasteiger partial charge is 1.00 e. The summed E-state index contributed by atoms with van der Waals surface area (Å²) in [6, 6.07) is 0. The second kappa shape index (κ2) is 7.05. The van der Waals surface area contributed by atoms with Gasteiger partial charge in [-0.05, 0) is 0 Å². The molecule has 0 heterocycles. The van der Waals surface area contributed by atoms with Crippen molar-refractivity contribution >= 4 is 0 Å². The zero-order chi connectivity index (χ0) is 13.2. The summed E-state index contributed by atoms with van der Waals surface area (Å²) in [6.45, 7) is 9.29. The predicted octanol–water partition coefficient (Wildman–Crippen LogP) is 2.25. The van der Waals surface area contributed by atoms with E-state index in [1.165, 1.54) is 12.8 Å². The van der Waals surface area contributed by atoms with Crippen molar-refractivity contribution < 1.29 is 34.2 Å². The van der Waals surface area contributed by atoms with Crippen LogP contribution in [0.5, 0.6) is 0 Å². The molecule has 0 saturated heterocycles. The maximum Gasteiger partial charge on any atom is -1.00 e. The minimum atomic E-state index is -1.73. The molecule has 2 heteroatoms. The number of hydrogen-bond donors (Lipinski definition) is 0. The van der Waals surface area contributed by atoms with Crippen molar-refractivity contribution in [2.24, 2.45) is 5.41 Å². The van der Waals surface area contributed by atoms with Gasteiger partial charge in [-0.3, -0.25) is 0 Å². The Morgan fingerprint density at radius 3 is 1.84 bits per heavy atom. The Kier molecular flexibility index (Phi) is 6.28. The van der Waals surface area contributed by atoms with Gasteiger partial charge in [0.25, 0.3) is 0 Å². The van der Waals surface area contributed by atoms with Crippen molar-refractivity contribution in [3.8, 4) is 0 Å². The fourth-order valence-electron chi connectivity index (χ4n) is 2.70. The summed E-state index contributed by atoms with van der Waals surface area (Å²) < 4.78 is 5.17. The standard InChI is InChI=1S/C7H13.2C5H5.ClH.Zr/c1-5-6-7(2,3)4;2*1-2-4-5-3-1;;/h6H,1-4H3;2*1-3H,4H2;1H;/q;;;;+1/p-1. The third-order valence-electron chi connectivity index (χ3n) is 3.23. The van der Waals surface area contributed by atoms with Crippen LogP contribution in [0.25, 0.3) is 0 Å². The zero-order valence-electron chi connectivity index (χ0n) is 12.3. The summed E-state index contributed by atoms with van der Waals surface area (Å²) in [6.07, 6.45) is 18.8. The van der Waals surface area contributed by atoms with Gasteiger partial charge in [0.15, 0.2) is 0 Å². The molecule has 0 saturated carbocycles. The summed E-state index contributed by atoms with van der Waals surface area (Å²) in [5.41, 5.74) is 0.301. The van der Waals surface area contributed by atoms with E-state index in [9.17, 15) is 0 Å². The van der Waals surface area contributed by atoms with Crippen molar-refractivity contribution in [2.75, 3.05) is 0 Å².